The van der Waals surface area contributed by atoms with E-state index in [-0.39, 0.29) is 18.4 Å². The highest BCUT2D eigenvalue weighted by Gasteiger charge is 2.29. The van der Waals surface area contributed by atoms with Gasteiger partial charge in [-0.3, -0.25) is 4.79 Å². The molecule has 0 aliphatic heterocycles. The normalized spacial score (nSPS) is 34.5. The van der Waals surface area contributed by atoms with Gasteiger partial charge < -0.3 is 9.84 Å². The monoisotopic (exact) mass is 186 g/mol. The fourth-order valence-electron chi connectivity index (χ4n) is 2.14. The summed E-state index contributed by atoms with van der Waals surface area (Å²) in [5.41, 5.74) is 0. The van der Waals surface area contributed by atoms with E-state index in [9.17, 15) is 4.79 Å². The maximum Gasteiger partial charge on any atom is 0.303 e. The van der Waals surface area contributed by atoms with Gasteiger partial charge in [0.15, 0.2) is 0 Å². The third kappa shape index (κ3) is 2.99. The molecule has 1 saturated carbocycles. The van der Waals surface area contributed by atoms with Crippen molar-refractivity contribution in [3.63, 3.8) is 0 Å². The molecule has 0 amide bonds. The first-order valence-electron chi connectivity index (χ1n) is 4.88. The number of rotatable bonds is 3. The molecule has 1 fully saturated rings. The first-order chi connectivity index (χ1) is 6.13. The molecule has 0 spiro atoms. The summed E-state index contributed by atoms with van der Waals surface area (Å²) in [5.74, 6) is 0.190. The van der Waals surface area contributed by atoms with Crippen molar-refractivity contribution in [1.29, 1.82) is 0 Å². The van der Waals surface area contributed by atoms with Gasteiger partial charge in [-0.25, -0.2) is 0 Å². The topological polar surface area (TPSA) is 46.5 Å². The van der Waals surface area contributed by atoms with Gasteiger partial charge in [0.25, 0.3) is 0 Å². The van der Waals surface area contributed by atoms with Gasteiger partial charge in [-0.1, -0.05) is 13.3 Å². The lowest BCUT2D eigenvalue weighted by atomic mass is 9.79. The Kier molecular flexibility index (Phi) is 3.72. The summed E-state index contributed by atoms with van der Waals surface area (Å²) in [6.45, 7) is 2.20. The zero-order valence-corrected chi connectivity index (χ0v) is 8.32. The minimum Gasteiger partial charge on any atom is -0.481 e. The fraction of sp³-hybridized carbons (Fsp3) is 0.900. The van der Waals surface area contributed by atoms with Crippen molar-refractivity contribution >= 4 is 5.97 Å². The van der Waals surface area contributed by atoms with Gasteiger partial charge in [0.1, 0.15) is 0 Å². The Morgan fingerprint density at radius 1 is 1.54 bits per heavy atom. The van der Waals surface area contributed by atoms with Crippen molar-refractivity contribution in [3.8, 4) is 0 Å². The Morgan fingerprint density at radius 3 is 2.77 bits per heavy atom. The van der Waals surface area contributed by atoms with Gasteiger partial charge in [-0.05, 0) is 24.7 Å². The molecule has 3 unspecified atom stereocenters. The van der Waals surface area contributed by atoms with Gasteiger partial charge in [-0.15, -0.1) is 0 Å². The Labute approximate surface area is 79.1 Å². The quantitative estimate of drug-likeness (QED) is 0.732. The molecule has 1 aliphatic carbocycles. The summed E-state index contributed by atoms with van der Waals surface area (Å²) >= 11 is 0. The van der Waals surface area contributed by atoms with Crippen LogP contribution >= 0.6 is 0 Å². The predicted molar refractivity (Wildman–Crippen MR) is 49.6 cm³/mol. The second kappa shape index (κ2) is 4.61. The summed E-state index contributed by atoms with van der Waals surface area (Å²) in [7, 11) is 1.68. The molecule has 76 valence electrons. The van der Waals surface area contributed by atoms with E-state index in [1.165, 1.54) is 0 Å². The van der Waals surface area contributed by atoms with E-state index in [2.05, 4.69) is 6.92 Å². The SMILES string of the molecule is COC1CC(C)CCC1CC(=O)O. The molecular weight excluding hydrogens is 168 g/mol. The van der Waals surface area contributed by atoms with E-state index in [1.807, 2.05) is 0 Å². The van der Waals surface area contributed by atoms with Crippen LogP contribution in [0.2, 0.25) is 0 Å². The molecule has 3 atom stereocenters. The fourth-order valence-corrected chi connectivity index (χ4v) is 2.14. The van der Waals surface area contributed by atoms with Crippen molar-refractivity contribution in [3.05, 3.63) is 0 Å². The zero-order chi connectivity index (χ0) is 9.84. The summed E-state index contributed by atoms with van der Waals surface area (Å²) in [4.78, 5) is 10.6. The molecule has 0 saturated heterocycles. The van der Waals surface area contributed by atoms with Crippen molar-refractivity contribution in [2.75, 3.05) is 7.11 Å². The summed E-state index contributed by atoms with van der Waals surface area (Å²) in [6, 6.07) is 0. The van der Waals surface area contributed by atoms with Gasteiger partial charge in [0.05, 0.1) is 12.5 Å². The Bertz CT molecular complexity index is 179. The number of carboxylic acids is 1. The molecule has 0 bridgehead atoms. The van der Waals surface area contributed by atoms with E-state index in [0.29, 0.717) is 5.92 Å². The minimum atomic E-state index is -0.707. The van der Waals surface area contributed by atoms with Crippen LogP contribution < -0.4 is 0 Å². The van der Waals surface area contributed by atoms with E-state index in [0.717, 1.165) is 19.3 Å². The highest BCUT2D eigenvalue weighted by Crippen LogP contribution is 2.32. The van der Waals surface area contributed by atoms with E-state index in [1.54, 1.807) is 7.11 Å². The van der Waals surface area contributed by atoms with Crippen molar-refractivity contribution < 1.29 is 14.6 Å². The minimum absolute atomic E-state index is 0.153. The number of aliphatic carboxylic acids is 1. The van der Waals surface area contributed by atoms with E-state index in [4.69, 9.17) is 9.84 Å². The van der Waals surface area contributed by atoms with Crippen LogP contribution in [-0.4, -0.2) is 24.3 Å². The lowest BCUT2D eigenvalue weighted by Gasteiger charge is -2.32. The smallest absolute Gasteiger partial charge is 0.303 e. The van der Waals surface area contributed by atoms with Crippen LogP contribution in [0.4, 0.5) is 0 Å². The molecule has 0 aromatic carbocycles. The number of hydrogen-bond acceptors (Lipinski definition) is 2. The molecule has 0 aromatic heterocycles. The molecule has 13 heavy (non-hydrogen) atoms. The second-order valence-electron chi connectivity index (χ2n) is 4.05. The summed E-state index contributed by atoms with van der Waals surface area (Å²) < 4.78 is 5.31. The van der Waals surface area contributed by atoms with Gasteiger partial charge >= 0.3 is 5.97 Å². The Balaban J connectivity index is 2.47. The van der Waals surface area contributed by atoms with Crippen LogP contribution in [0.15, 0.2) is 0 Å². The maximum atomic E-state index is 10.6. The molecule has 3 nitrogen and oxygen atoms in total. The average molecular weight is 186 g/mol. The van der Waals surface area contributed by atoms with Crippen LogP contribution in [0.25, 0.3) is 0 Å². The third-order valence-electron chi connectivity index (χ3n) is 2.93. The molecule has 1 rings (SSSR count). The molecule has 0 heterocycles. The lowest BCUT2D eigenvalue weighted by Crippen LogP contribution is -2.31. The standard InChI is InChI=1S/C10H18O3/c1-7-3-4-8(6-10(11)12)9(5-7)13-2/h7-9H,3-6H2,1-2H3,(H,11,12). The van der Waals surface area contributed by atoms with Crippen molar-refractivity contribution in [1.82, 2.24) is 0 Å². The van der Waals surface area contributed by atoms with E-state index >= 15 is 0 Å². The summed E-state index contributed by atoms with van der Waals surface area (Å²) in [5, 5.41) is 8.69. The largest absolute Gasteiger partial charge is 0.481 e. The number of carbonyl (C=O) groups is 1. The van der Waals surface area contributed by atoms with Crippen molar-refractivity contribution in [2.45, 2.75) is 38.7 Å². The van der Waals surface area contributed by atoms with Crippen LogP contribution in [0, 0.1) is 11.8 Å². The number of ether oxygens (including phenoxy) is 1. The van der Waals surface area contributed by atoms with Crippen LogP contribution in [-0.2, 0) is 9.53 Å². The highest BCUT2D eigenvalue weighted by molar-refractivity contribution is 5.67. The Morgan fingerprint density at radius 2 is 2.23 bits per heavy atom. The zero-order valence-electron chi connectivity index (χ0n) is 8.32. The second-order valence-corrected chi connectivity index (χ2v) is 4.05. The number of carboxylic acid groups (broad SMARTS) is 1. The first kappa shape index (κ1) is 10.5. The summed E-state index contributed by atoms with van der Waals surface area (Å²) in [6.07, 6.45) is 3.54. The molecular formula is C10H18O3. The molecule has 3 heteroatoms. The van der Waals surface area contributed by atoms with Crippen LogP contribution in [0.1, 0.15) is 32.6 Å². The van der Waals surface area contributed by atoms with Crippen LogP contribution in [0.3, 0.4) is 0 Å². The first-order valence-corrected chi connectivity index (χ1v) is 4.88. The van der Waals surface area contributed by atoms with Gasteiger partial charge in [-0.2, -0.15) is 0 Å². The highest BCUT2D eigenvalue weighted by atomic mass is 16.5. The molecule has 1 aliphatic rings. The van der Waals surface area contributed by atoms with Gasteiger partial charge in [0, 0.05) is 7.11 Å². The third-order valence-corrected chi connectivity index (χ3v) is 2.93. The van der Waals surface area contributed by atoms with E-state index < -0.39 is 5.97 Å². The molecule has 1 N–H and O–H groups in total. The predicted octanol–water partition coefficient (Wildman–Crippen LogP) is 1.91. The maximum absolute atomic E-state index is 10.6. The van der Waals surface area contributed by atoms with Crippen LogP contribution in [0.5, 0.6) is 0 Å². The lowest BCUT2D eigenvalue weighted by molar-refractivity contribution is -0.140. The Hall–Kier alpha value is -0.570. The molecule has 0 aromatic rings. The number of methoxy groups -OCH3 is 1. The average Bonchev–Trinajstić information content (AvgIpc) is 2.07. The molecule has 0 radical (unpaired) electrons. The number of hydrogen-bond donors (Lipinski definition) is 1. The van der Waals surface area contributed by atoms with Gasteiger partial charge in [0.2, 0.25) is 0 Å². The van der Waals surface area contributed by atoms with Crippen molar-refractivity contribution in [2.24, 2.45) is 11.8 Å².